The number of fused-ring (bicyclic) bond motifs is 1. The zero-order valence-corrected chi connectivity index (χ0v) is 11.0. The highest BCUT2D eigenvalue weighted by molar-refractivity contribution is 6.32. The van der Waals surface area contributed by atoms with E-state index < -0.39 is 0 Å². The Hall–Kier alpha value is -2.53. The van der Waals surface area contributed by atoms with Crippen LogP contribution in [0.4, 0.5) is 5.82 Å². The Kier molecular flexibility index (Phi) is 3.26. The van der Waals surface area contributed by atoms with Crippen molar-refractivity contribution < 1.29 is 4.79 Å². The molecular weight excluding hydrogens is 276 g/mol. The zero-order valence-electron chi connectivity index (χ0n) is 10.2. The first-order chi connectivity index (χ1) is 9.75. The first-order valence-corrected chi connectivity index (χ1v) is 6.25. The maximum atomic E-state index is 12.3. The van der Waals surface area contributed by atoms with Crippen molar-refractivity contribution in [2.45, 2.75) is 0 Å². The summed E-state index contributed by atoms with van der Waals surface area (Å²) in [6.45, 7) is 0. The van der Waals surface area contributed by atoms with Gasteiger partial charge >= 0.3 is 0 Å². The quantitative estimate of drug-likeness (QED) is 0.785. The van der Waals surface area contributed by atoms with Crippen LogP contribution in [0.1, 0.15) is 10.4 Å². The molecular formula is C14H9ClN4O. The topological polar surface area (TPSA) is 67.8 Å². The number of halogens is 1. The van der Waals surface area contributed by atoms with E-state index in [9.17, 15) is 4.79 Å². The Bertz CT molecular complexity index is 785. The molecule has 0 atom stereocenters. The molecule has 20 heavy (non-hydrogen) atoms. The fraction of sp³-hybridized carbons (Fsp3) is 0. The Morgan fingerprint density at radius 1 is 1.00 bits per heavy atom. The van der Waals surface area contributed by atoms with Crippen LogP contribution in [0.15, 0.2) is 48.9 Å². The summed E-state index contributed by atoms with van der Waals surface area (Å²) in [6, 6.07) is 9.07. The lowest BCUT2D eigenvalue weighted by atomic mass is 10.1. The minimum absolute atomic E-state index is 0.152. The van der Waals surface area contributed by atoms with Crippen LogP contribution >= 0.6 is 11.6 Å². The maximum Gasteiger partial charge on any atom is 0.257 e. The van der Waals surface area contributed by atoms with Crippen molar-refractivity contribution in [3.63, 3.8) is 0 Å². The fourth-order valence-corrected chi connectivity index (χ4v) is 2.03. The molecule has 1 amide bonds. The number of hydrogen-bond donors (Lipinski definition) is 1. The van der Waals surface area contributed by atoms with Gasteiger partial charge in [0, 0.05) is 24.0 Å². The van der Waals surface area contributed by atoms with Crippen LogP contribution in [0, 0.1) is 0 Å². The predicted octanol–water partition coefficient (Wildman–Crippen LogP) is 2.93. The third-order valence-corrected chi connectivity index (χ3v) is 3.06. The van der Waals surface area contributed by atoms with Gasteiger partial charge in [0.15, 0.2) is 11.0 Å². The number of hydrogen-bond acceptors (Lipinski definition) is 4. The van der Waals surface area contributed by atoms with E-state index in [4.69, 9.17) is 11.6 Å². The van der Waals surface area contributed by atoms with E-state index in [0.29, 0.717) is 5.56 Å². The molecule has 1 N–H and O–H groups in total. The maximum absolute atomic E-state index is 12.3. The lowest BCUT2D eigenvalue weighted by molar-refractivity contribution is 0.102. The molecule has 0 radical (unpaired) electrons. The van der Waals surface area contributed by atoms with Gasteiger partial charge in [-0.2, -0.15) is 0 Å². The molecule has 5 nitrogen and oxygen atoms in total. The van der Waals surface area contributed by atoms with Crippen molar-refractivity contribution >= 4 is 34.2 Å². The first kappa shape index (κ1) is 12.5. The summed E-state index contributed by atoms with van der Waals surface area (Å²) in [7, 11) is 0. The lowest BCUT2D eigenvalue weighted by Gasteiger charge is -2.07. The van der Waals surface area contributed by atoms with Crippen molar-refractivity contribution in [3.8, 4) is 0 Å². The fourth-order valence-electron chi connectivity index (χ4n) is 1.87. The monoisotopic (exact) mass is 284 g/mol. The molecule has 0 aliphatic rings. The predicted molar refractivity (Wildman–Crippen MR) is 76.7 cm³/mol. The van der Waals surface area contributed by atoms with Crippen molar-refractivity contribution in [2.75, 3.05) is 5.32 Å². The number of amides is 1. The molecule has 0 aliphatic carbocycles. The number of para-hydroxylation sites is 1. The molecule has 0 saturated carbocycles. The SMILES string of the molecule is O=C(Nc1nccnc1Cl)c1ccnc2ccccc12. The van der Waals surface area contributed by atoms with Gasteiger partial charge in [-0.15, -0.1) is 0 Å². The van der Waals surface area contributed by atoms with Gasteiger partial charge in [-0.25, -0.2) is 9.97 Å². The van der Waals surface area contributed by atoms with Gasteiger partial charge in [0.1, 0.15) is 0 Å². The lowest BCUT2D eigenvalue weighted by Crippen LogP contribution is -2.14. The Labute approximate surface area is 119 Å². The Balaban J connectivity index is 1.99. The van der Waals surface area contributed by atoms with Crippen LogP contribution in [0.5, 0.6) is 0 Å². The van der Waals surface area contributed by atoms with Gasteiger partial charge in [0.2, 0.25) is 0 Å². The summed E-state index contributed by atoms with van der Waals surface area (Å²) in [4.78, 5) is 24.4. The Morgan fingerprint density at radius 2 is 1.80 bits per heavy atom. The molecule has 0 unspecified atom stereocenters. The third-order valence-electron chi connectivity index (χ3n) is 2.78. The number of carbonyl (C=O) groups excluding carboxylic acids is 1. The van der Waals surface area contributed by atoms with Gasteiger partial charge in [-0.3, -0.25) is 9.78 Å². The van der Waals surface area contributed by atoms with Gasteiger partial charge in [0.05, 0.1) is 11.1 Å². The second-order valence-electron chi connectivity index (χ2n) is 4.03. The van der Waals surface area contributed by atoms with E-state index in [-0.39, 0.29) is 16.9 Å². The number of nitrogens with zero attached hydrogens (tertiary/aromatic N) is 3. The second kappa shape index (κ2) is 5.22. The molecule has 0 spiro atoms. The van der Waals surface area contributed by atoms with Crippen LogP contribution in [-0.4, -0.2) is 20.9 Å². The van der Waals surface area contributed by atoms with Crippen molar-refractivity contribution in [1.29, 1.82) is 0 Å². The highest BCUT2D eigenvalue weighted by Gasteiger charge is 2.12. The van der Waals surface area contributed by atoms with E-state index in [1.54, 1.807) is 12.3 Å². The highest BCUT2D eigenvalue weighted by atomic mass is 35.5. The molecule has 0 fully saturated rings. The number of aromatic nitrogens is 3. The Morgan fingerprint density at radius 3 is 2.65 bits per heavy atom. The zero-order chi connectivity index (χ0) is 13.9. The van der Waals surface area contributed by atoms with Gasteiger partial charge in [-0.05, 0) is 12.1 Å². The van der Waals surface area contributed by atoms with E-state index in [0.717, 1.165) is 10.9 Å². The summed E-state index contributed by atoms with van der Waals surface area (Å²) in [6.07, 6.45) is 4.52. The molecule has 0 saturated heterocycles. The minimum Gasteiger partial charge on any atom is -0.304 e. The normalized spacial score (nSPS) is 10.4. The first-order valence-electron chi connectivity index (χ1n) is 5.87. The van der Waals surface area contributed by atoms with E-state index in [2.05, 4.69) is 20.3 Å². The molecule has 0 bridgehead atoms. The van der Waals surface area contributed by atoms with Crippen LogP contribution in [0.3, 0.4) is 0 Å². The molecule has 6 heteroatoms. The molecule has 98 valence electrons. The van der Waals surface area contributed by atoms with E-state index in [1.807, 2.05) is 24.3 Å². The van der Waals surface area contributed by atoms with Crippen molar-refractivity contribution in [3.05, 3.63) is 59.6 Å². The third kappa shape index (κ3) is 2.31. The largest absolute Gasteiger partial charge is 0.304 e. The van der Waals surface area contributed by atoms with Gasteiger partial charge in [0.25, 0.3) is 5.91 Å². The molecule has 3 aromatic rings. The van der Waals surface area contributed by atoms with Crippen LogP contribution in [0.25, 0.3) is 10.9 Å². The average molecular weight is 285 g/mol. The number of nitrogens with one attached hydrogen (secondary N) is 1. The smallest absolute Gasteiger partial charge is 0.257 e. The molecule has 0 aliphatic heterocycles. The summed E-state index contributed by atoms with van der Waals surface area (Å²) >= 11 is 5.87. The van der Waals surface area contributed by atoms with Crippen LogP contribution < -0.4 is 5.32 Å². The number of benzene rings is 1. The molecule has 1 aromatic carbocycles. The van der Waals surface area contributed by atoms with E-state index in [1.165, 1.54) is 12.4 Å². The van der Waals surface area contributed by atoms with Crippen LogP contribution in [0.2, 0.25) is 5.15 Å². The average Bonchev–Trinajstić information content (AvgIpc) is 2.49. The molecule has 2 aromatic heterocycles. The van der Waals surface area contributed by atoms with Crippen molar-refractivity contribution in [1.82, 2.24) is 15.0 Å². The van der Waals surface area contributed by atoms with E-state index >= 15 is 0 Å². The number of pyridine rings is 1. The van der Waals surface area contributed by atoms with Gasteiger partial charge < -0.3 is 5.32 Å². The summed E-state index contributed by atoms with van der Waals surface area (Å²) in [5.41, 5.74) is 1.27. The highest BCUT2D eigenvalue weighted by Crippen LogP contribution is 2.19. The molecule has 2 heterocycles. The molecule has 3 rings (SSSR count). The van der Waals surface area contributed by atoms with Gasteiger partial charge in [-0.1, -0.05) is 29.8 Å². The standard InChI is InChI=1S/C14H9ClN4O/c15-12-13(18-8-7-17-12)19-14(20)10-5-6-16-11-4-2-1-3-9(10)11/h1-8H,(H,18,19,20). The summed E-state index contributed by atoms with van der Waals surface area (Å²) < 4.78 is 0. The number of rotatable bonds is 2. The van der Waals surface area contributed by atoms with Crippen LogP contribution in [-0.2, 0) is 0 Å². The number of anilines is 1. The second-order valence-corrected chi connectivity index (χ2v) is 4.38. The number of carbonyl (C=O) groups is 1. The van der Waals surface area contributed by atoms with Crippen molar-refractivity contribution in [2.24, 2.45) is 0 Å². The summed E-state index contributed by atoms with van der Waals surface area (Å²) in [5.74, 6) is -0.0638. The minimum atomic E-state index is -0.300. The summed E-state index contributed by atoms with van der Waals surface area (Å²) in [5, 5.41) is 3.57.